The predicted octanol–water partition coefficient (Wildman–Crippen LogP) is 2.34. The number of hydrogen-bond acceptors (Lipinski definition) is 6. The van der Waals surface area contributed by atoms with Crippen LogP contribution in [0.25, 0.3) is 0 Å². The fourth-order valence-electron chi connectivity index (χ4n) is 4.71. The van der Waals surface area contributed by atoms with E-state index in [1.54, 1.807) is 36.3 Å². The smallest absolute Gasteiger partial charge is 0.301 e. The fourth-order valence-corrected chi connectivity index (χ4v) is 6.19. The first-order valence-electron chi connectivity index (χ1n) is 11.8. The standard InChI is InChI=1S/C25H33N3O6S/c1-17-9-10-18(2)22(12-17)25(30)27-14-23(33-3)24(15-27)34-21-8-4-6-19(13-21)26-35(31,32)28-11-5-7-20(28)16-29/h4,6,8-10,12-13,20,23-24,26,29H,5,7,11,14-16H2,1-3H3/t20?,23-,24-/m1/s1. The van der Waals surface area contributed by atoms with Crippen LogP contribution in [0.1, 0.15) is 34.3 Å². The van der Waals surface area contributed by atoms with Crippen molar-refractivity contribution >= 4 is 21.8 Å². The summed E-state index contributed by atoms with van der Waals surface area (Å²) in [4.78, 5) is 14.9. The van der Waals surface area contributed by atoms with Crippen molar-refractivity contribution in [1.29, 1.82) is 0 Å². The molecular weight excluding hydrogens is 470 g/mol. The zero-order valence-corrected chi connectivity index (χ0v) is 21.1. The van der Waals surface area contributed by atoms with Crippen LogP contribution in [-0.2, 0) is 14.9 Å². The maximum Gasteiger partial charge on any atom is 0.301 e. The summed E-state index contributed by atoms with van der Waals surface area (Å²) in [7, 11) is -2.21. The lowest BCUT2D eigenvalue weighted by Gasteiger charge is -2.23. The second-order valence-electron chi connectivity index (χ2n) is 9.18. The molecule has 4 rings (SSSR count). The van der Waals surface area contributed by atoms with Crippen molar-refractivity contribution in [1.82, 2.24) is 9.21 Å². The normalized spacial score (nSPS) is 23.0. The molecule has 1 amide bonds. The summed E-state index contributed by atoms with van der Waals surface area (Å²) in [5.74, 6) is 0.406. The van der Waals surface area contributed by atoms with Gasteiger partial charge in [-0.05, 0) is 50.5 Å². The van der Waals surface area contributed by atoms with Gasteiger partial charge in [0.2, 0.25) is 0 Å². The molecule has 35 heavy (non-hydrogen) atoms. The van der Waals surface area contributed by atoms with Crippen LogP contribution < -0.4 is 9.46 Å². The van der Waals surface area contributed by atoms with Gasteiger partial charge in [0.15, 0.2) is 0 Å². The summed E-state index contributed by atoms with van der Waals surface area (Å²) in [6.45, 7) is 4.80. The third-order valence-corrected chi connectivity index (χ3v) is 8.23. The van der Waals surface area contributed by atoms with E-state index in [2.05, 4.69) is 4.72 Å². The summed E-state index contributed by atoms with van der Waals surface area (Å²) >= 11 is 0. The molecule has 2 aliphatic heterocycles. The number of nitrogens with one attached hydrogen (secondary N) is 1. The molecule has 0 spiro atoms. The number of methoxy groups -OCH3 is 1. The van der Waals surface area contributed by atoms with Crippen LogP contribution in [0.3, 0.4) is 0 Å². The van der Waals surface area contributed by atoms with Crippen LogP contribution in [0.2, 0.25) is 0 Å². The molecule has 2 fully saturated rings. The first kappa shape index (κ1) is 25.4. The molecule has 0 radical (unpaired) electrons. The molecule has 1 unspecified atom stereocenters. The predicted molar refractivity (Wildman–Crippen MR) is 133 cm³/mol. The number of aryl methyl sites for hydroxylation is 2. The van der Waals surface area contributed by atoms with Crippen molar-refractivity contribution in [3.8, 4) is 5.75 Å². The number of benzene rings is 2. The first-order chi connectivity index (χ1) is 16.7. The third-order valence-electron chi connectivity index (χ3n) is 6.64. The number of anilines is 1. The topological polar surface area (TPSA) is 108 Å². The number of hydrogen-bond donors (Lipinski definition) is 2. The van der Waals surface area contributed by atoms with Crippen LogP contribution >= 0.6 is 0 Å². The zero-order valence-electron chi connectivity index (χ0n) is 20.3. The number of carbonyl (C=O) groups excluding carboxylic acids is 1. The van der Waals surface area contributed by atoms with Gasteiger partial charge in [-0.1, -0.05) is 23.8 Å². The summed E-state index contributed by atoms with van der Waals surface area (Å²) in [6, 6.07) is 12.1. The average Bonchev–Trinajstić information content (AvgIpc) is 3.47. The molecule has 0 aromatic heterocycles. The van der Waals surface area contributed by atoms with Gasteiger partial charge in [0.25, 0.3) is 5.91 Å². The Kier molecular flexibility index (Phi) is 7.65. The maximum absolute atomic E-state index is 13.2. The lowest BCUT2D eigenvalue weighted by Crippen LogP contribution is -2.41. The van der Waals surface area contributed by atoms with E-state index in [4.69, 9.17) is 9.47 Å². The number of carbonyl (C=O) groups is 1. The van der Waals surface area contributed by atoms with E-state index in [0.717, 1.165) is 11.1 Å². The van der Waals surface area contributed by atoms with Gasteiger partial charge in [-0.2, -0.15) is 12.7 Å². The Balaban J connectivity index is 1.45. The molecular formula is C25H33N3O6S. The lowest BCUT2D eigenvalue weighted by molar-refractivity contribution is 0.0340. The lowest BCUT2D eigenvalue weighted by atomic mass is 10.0. The van der Waals surface area contributed by atoms with Gasteiger partial charge in [-0.3, -0.25) is 9.52 Å². The highest BCUT2D eigenvalue weighted by molar-refractivity contribution is 7.90. The number of nitrogens with zero attached hydrogens (tertiary/aromatic N) is 2. The average molecular weight is 504 g/mol. The molecule has 3 atom stereocenters. The molecule has 190 valence electrons. The molecule has 9 nitrogen and oxygen atoms in total. The molecule has 0 bridgehead atoms. The molecule has 0 saturated carbocycles. The van der Waals surface area contributed by atoms with Crippen molar-refractivity contribution in [3.05, 3.63) is 59.2 Å². The van der Waals surface area contributed by atoms with Crippen molar-refractivity contribution < 1.29 is 27.8 Å². The van der Waals surface area contributed by atoms with Crippen LogP contribution in [0.5, 0.6) is 5.75 Å². The SMILES string of the molecule is CO[C@@H]1CN(C(=O)c2cc(C)ccc2C)C[C@H]1Oc1cccc(NS(=O)(=O)N2CCCC2CO)c1. The van der Waals surface area contributed by atoms with E-state index in [-0.39, 0.29) is 18.6 Å². The van der Waals surface area contributed by atoms with E-state index in [9.17, 15) is 18.3 Å². The second kappa shape index (κ2) is 10.5. The Labute approximate surface area is 206 Å². The molecule has 0 aliphatic carbocycles. The number of aliphatic hydroxyl groups is 1. The largest absolute Gasteiger partial charge is 0.486 e. The van der Waals surface area contributed by atoms with Gasteiger partial charge in [-0.15, -0.1) is 0 Å². The molecule has 2 aromatic rings. The number of likely N-dealkylation sites (tertiary alicyclic amines) is 1. The zero-order chi connectivity index (χ0) is 25.2. The van der Waals surface area contributed by atoms with Gasteiger partial charge in [-0.25, -0.2) is 0 Å². The summed E-state index contributed by atoms with van der Waals surface area (Å²) in [5.41, 5.74) is 2.97. The van der Waals surface area contributed by atoms with Crippen molar-refractivity contribution in [2.24, 2.45) is 0 Å². The monoisotopic (exact) mass is 503 g/mol. The Morgan fingerprint density at radius 1 is 1.14 bits per heavy atom. The first-order valence-corrected chi connectivity index (χ1v) is 13.2. The minimum Gasteiger partial charge on any atom is -0.486 e. The highest BCUT2D eigenvalue weighted by atomic mass is 32.2. The van der Waals surface area contributed by atoms with Gasteiger partial charge in [0.05, 0.1) is 25.4 Å². The third kappa shape index (κ3) is 5.61. The Bertz CT molecular complexity index is 1170. The van der Waals surface area contributed by atoms with E-state index < -0.39 is 22.4 Å². The van der Waals surface area contributed by atoms with E-state index >= 15 is 0 Å². The van der Waals surface area contributed by atoms with Gasteiger partial charge < -0.3 is 19.5 Å². The Hall–Kier alpha value is -2.66. The summed E-state index contributed by atoms with van der Waals surface area (Å²) in [5, 5.41) is 9.49. The highest BCUT2D eigenvalue weighted by Crippen LogP contribution is 2.27. The summed E-state index contributed by atoms with van der Waals surface area (Å²) < 4.78 is 41.3. The van der Waals surface area contributed by atoms with Crippen molar-refractivity contribution in [2.45, 2.75) is 44.9 Å². The molecule has 10 heteroatoms. The number of amides is 1. The van der Waals surface area contributed by atoms with Gasteiger partial charge in [0.1, 0.15) is 18.0 Å². The fraction of sp³-hybridized carbons (Fsp3) is 0.480. The van der Waals surface area contributed by atoms with Gasteiger partial charge in [0, 0.05) is 31.3 Å². The maximum atomic E-state index is 13.2. The molecule has 2 saturated heterocycles. The molecule has 2 aliphatic rings. The van der Waals surface area contributed by atoms with Gasteiger partial charge >= 0.3 is 10.2 Å². The van der Waals surface area contributed by atoms with Crippen LogP contribution in [-0.4, -0.2) is 80.2 Å². The van der Waals surface area contributed by atoms with Crippen LogP contribution in [0.4, 0.5) is 5.69 Å². The quantitative estimate of drug-likeness (QED) is 0.573. The van der Waals surface area contributed by atoms with E-state index in [1.165, 1.54) is 4.31 Å². The minimum atomic E-state index is -3.80. The number of aliphatic hydroxyl groups excluding tert-OH is 1. The number of rotatable bonds is 8. The van der Waals surface area contributed by atoms with Crippen LogP contribution in [0, 0.1) is 13.8 Å². The number of ether oxygens (including phenoxy) is 2. The van der Waals surface area contributed by atoms with Crippen LogP contribution in [0.15, 0.2) is 42.5 Å². The van der Waals surface area contributed by atoms with E-state index in [1.807, 2.05) is 32.0 Å². The van der Waals surface area contributed by atoms with Crippen molar-refractivity contribution in [3.63, 3.8) is 0 Å². The minimum absolute atomic E-state index is 0.0649. The highest BCUT2D eigenvalue weighted by Gasteiger charge is 2.38. The Morgan fingerprint density at radius 3 is 2.66 bits per heavy atom. The van der Waals surface area contributed by atoms with Crippen molar-refractivity contribution in [2.75, 3.05) is 38.1 Å². The molecule has 2 aromatic carbocycles. The second-order valence-corrected chi connectivity index (χ2v) is 10.8. The van der Waals surface area contributed by atoms with E-state index in [0.29, 0.717) is 49.5 Å². The molecule has 2 heterocycles. The Morgan fingerprint density at radius 2 is 1.91 bits per heavy atom. The summed E-state index contributed by atoms with van der Waals surface area (Å²) in [6.07, 6.45) is 0.627. The molecule has 2 N–H and O–H groups in total.